The summed E-state index contributed by atoms with van der Waals surface area (Å²) in [6.45, 7) is 13.7. The molecule has 0 spiro atoms. The van der Waals surface area contributed by atoms with Gasteiger partial charge in [-0.1, -0.05) is 24.3 Å². The molecule has 0 aromatic heterocycles. The second-order valence-corrected chi connectivity index (χ2v) is 9.81. The van der Waals surface area contributed by atoms with Gasteiger partial charge < -0.3 is 25.0 Å². The summed E-state index contributed by atoms with van der Waals surface area (Å²) in [5.74, 6) is 0. The number of ether oxygens (including phenoxy) is 2. The Kier molecular flexibility index (Phi) is 8.12. The average molecular weight is 420 g/mol. The minimum Gasteiger partial charge on any atom is -0.444 e. The molecular weight excluding hydrogens is 382 g/mol. The molecule has 1 fully saturated rings. The predicted octanol–water partition coefficient (Wildman–Crippen LogP) is 4.20. The maximum absolute atomic E-state index is 12.6. The second-order valence-electron chi connectivity index (χ2n) is 9.81. The highest BCUT2D eigenvalue weighted by molar-refractivity contribution is 5.74. The van der Waals surface area contributed by atoms with Gasteiger partial charge in [-0.25, -0.2) is 9.59 Å². The first kappa shape index (κ1) is 24.0. The SMILES string of the molecule is CC(C)(C)OCc1cccc(CNC(=O)N2CCCC(NC(=O)OC(C)(C)C)C2)c1. The summed E-state index contributed by atoms with van der Waals surface area (Å²) in [7, 11) is 0. The van der Waals surface area contributed by atoms with Crippen molar-refractivity contribution in [3.63, 3.8) is 0 Å². The molecule has 1 aliphatic heterocycles. The summed E-state index contributed by atoms with van der Waals surface area (Å²) in [6, 6.07) is 7.82. The molecule has 0 saturated carbocycles. The second kappa shape index (κ2) is 10.2. The molecule has 1 atom stereocenters. The van der Waals surface area contributed by atoms with Crippen LogP contribution in [0, 0.1) is 0 Å². The summed E-state index contributed by atoms with van der Waals surface area (Å²) in [5, 5.41) is 5.85. The largest absolute Gasteiger partial charge is 0.444 e. The number of hydrogen-bond acceptors (Lipinski definition) is 4. The Morgan fingerprint density at radius 3 is 2.47 bits per heavy atom. The van der Waals surface area contributed by atoms with Crippen LogP contribution in [0.5, 0.6) is 0 Å². The van der Waals surface area contributed by atoms with Crippen molar-refractivity contribution in [2.75, 3.05) is 13.1 Å². The summed E-state index contributed by atoms with van der Waals surface area (Å²) < 4.78 is 11.1. The van der Waals surface area contributed by atoms with Gasteiger partial charge in [0.2, 0.25) is 0 Å². The molecule has 1 aromatic carbocycles. The van der Waals surface area contributed by atoms with Crippen LogP contribution in [0.2, 0.25) is 0 Å². The molecule has 7 heteroatoms. The number of piperidine rings is 1. The zero-order valence-corrected chi connectivity index (χ0v) is 19.2. The van der Waals surface area contributed by atoms with Crippen LogP contribution >= 0.6 is 0 Å². The van der Waals surface area contributed by atoms with Crippen LogP contribution in [0.15, 0.2) is 24.3 Å². The van der Waals surface area contributed by atoms with Gasteiger partial charge in [-0.15, -0.1) is 0 Å². The van der Waals surface area contributed by atoms with Crippen molar-refractivity contribution in [2.45, 2.75) is 84.8 Å². The summed E-state index contributed by atoms with van der Waals surface area (Å²) in [6.07, 6.45) is 1.23. The van der Waals surface area contributed by atoms with Gasteiger partial charge >= 0.3 is 12.1 Å². The van der Waals surface area contributed by atoms with Gasteiger partial charge in [0.05, 0.1) is 12.2 Å². The van der Waals surface area contributed by atoms with Crippen LogP contribution in [0.3, 0.4) is 0 Å². The standard InChI is InChI=1S/C23H37N3O4/c1-22(2,3)29-16-18-10-7-9-17(13-18)14-24-20(27)26-12-8-11-19(15-26)25-21(28)30-23(4,5)6/h7,9-10,13,19H,8,11-12,14-16H2,1-6H3,(H,24,27)(H,25,28). The fourth-order valence-electron chi connectivity index (χ4n) is 3.17. The van der Waals surface area contributed by atoms with Gasteiger partial charge in [-0.2, -0.15) is 0 Å². The van der Waals surface area contributed by atoms with Crippen LogP contribution in [-0.2, 0) is 22.6 Å². The Labute approximate surface area is 180 Å². The fourth-order valence-corrected chi connectivity index (χ4v) is 3.17. The normalized spacial score (nSPS) is 17.4. The van der Waals surface area contributed by atoms with Gasteiger partial charge in [-0.3, -0.25) is 0 Å². The molecule has 0 bridgehead atoms. The smallest absolute Gasteiger partial charge is 0.407 e. The van der Waals surface area contributed by atoms with Gasteiger partial charge in [0, 0.05) is 25.7 Å². The highest BCUT2D eigenvalue weighted by Gasteiger charge is 2.26. The number of benzene rings is 1. The van der Waals surface area contributed by atoms with Crippen LogP contribution in [-0.4, -0.2) is 47.4 Å². The Hall–Kier alpha value is -2.28. The number of nitrogens with zero attached hydrogens (tertiary/aromatic N) is 1. The molecule has 7 nitrogen and oxygen atoms in total. The summed E-state index contributed by atoms with van der Waals surface area (Å²) >= 11 is 0. The Bertz CT molecular complexity index is 722. The summed E-state index contributed by atoms with van der Waals surface area (Å²) in [4.78, 5) is 26.4. The third kappa shape index (κ3) is 9.03. The molecule has 1 saturated heterocycles. The van der Waals surface area contributed by atoms with E-state index in [1.807, 2.05) is 59.7 Å². The topological polar surface area (TPSA) is 79.9 Å². The van der Waals surface area contributed by atoms with E-state index in [9.17, 15) is 9.59 Å². The number of carbonyl (C=O) groups excluding carboxylic acids is 2. The molecule has 3 amide bonds. The average Bonchev–Trinajstić information content (AvgIpc) is 2.63. The first-order valence-corrected chi connectivity index (χ1v) is 10.7. The van der Waals surface area contributed by atoms with E-state index < -0.39 is 11.7 Å². The maximum Gasteiger partial charge on any atom is 0.407 e. The first-order chi connectivity index (χ1) is 13.9. The number of amides is 3. The number of carbonyl (C=O) groups is 2. The van der Waals surface area contributed by atoms with Crippen molar-refractivity contribution in [2.24, 2.45) is 0 Å². The third-order valence-corrected chi connectivity index (χ3v) is 4.54. The van der Waals surface area contributed by atoms with Crippen molar-refractivity contribution < 1.29 is 19.1 Å². The lowest BCUT2D eigenvalue weighted by molar-refractivity contribution is -0.0149. The van der Waals surface area contributed by atoms with E-state index in [2.05, 4.69) is 16.7 Å². The van der Waals surface area contributed by atoms with Crippen molar-refractivity contribution >= 4 is 12.1 Å². The number of urea groups is 1. The molecule has 1 heterocycles. The third-order valence-electron chi connectivity index (χ3n) is 4.54. The lowest BCUT2D eigenvalue weighted by atomic mass is 10.1. The van der Waals surface area contributed by atoms with E-state index >= 15 is 0 Å². The highest BCUT2D eigenvalue weighted by atomic mass is 16.6. The Morgan fingerprint density at radius 2 is 1.80 bits per heavy atom. The molecule has 2 rings (SSSR count). The highest BCUT2D eigenvalue weighted by Crippen LogP contribution is 2.15. The fraction of sp³-hybridized carbons (Fsp3) is 0.652. The molecular formula is C23H37N3O4. The number of rotatable bonds is 5. The minimum atomic E-state index is -0.539. The molecule has 2 N–H and O–H groups in total. The Morgan fingerprint density at radius 1 is 1.10 bits per heavy atom. The zero-order valence-electron chi connectivity index (χ0n) is 19.2. The molecule has 0 radical (unpaired) electrons. The van der Waals surface area contributed by atoms with Crippen molar-refractivity contribution in [3.8, 4) is 0 Å². The lowest BCUT2D eigenvalue weighted by Crippen LogP contribution is -2.52. The monoisotopic (exact) mass is 419 g/mol. The van der Waals surface area contributed by atoms with E-state index in [-0.39, 0.29) is 17.7 Å². The first-order valence-electron chi connectivity index (χ1n) is 10.7. The van der Waals surface area contributed by atoms with Gasteiger partial charge in [0.1, 0.15) is 5.60 Å². The number of likely N-dealkylation sites (tertiary alicyclic amines) is 1. The van der Waals surface area contributed by atoms with Crippen LogP contribution in [0.25, 0.3) is 0 Å². The predicted molar refractivity (Wildman–Crippen MR) is 117 cm³/mol. The molecule has 1 aliphatic rings. The van der Waals surface area contributed by atoms with Crippen molar-refractivity contribution in [1.29, 1.82) is 0 Å². The summed E-state index contributed by atoms with van der Waals surface area (Å²) in [5.41, 5.74) is 1.38. The van der Waals surface area contributed by atoms with Crippen LogP contribution < -0.4 is 10.6 Å². The van der Waals surface area contributed by atoms with Gasteiger partial charge in [0.15, 0.2) is 0 Å². The molecule has 1 aromatic rings. The van der Waals surface area contributed by atoms with Gasteiger partial charge in [0.25, 0.3) is 0 Å². The molecule has 30 heavy (non-hydrogen) atoms. The number of hydrogen-bond donors (Lipinski definition) is 2. The van der Waals surface area contributed by atoms with Crippen molar-refractivity contribution in [3.05, 3.63) is 35.4 Å². The van der Waals surface area contributed by atoms with E-state index in [1.54, 1.807) is 4.90 Å². The van der Waals surface area contributed by atoms with Crippen molar-refractivity contribution in [1.82, 2.24) is 15.5 Å². The molecule has 168 valence electrons. The van der Waals surface area contributed by atoms with Gasteiger partial charge in [-0.05, 0) is 65.5 Å². The molecule has 0 aliphatic carbocycles. The quantitative estimate of drug-likeness (QED) is 0.750. The van der Waals surface area contributed by atoms with Crippen LogP contribution in [0.4, 0.5) is 9.59 Å². The minimum absolute atomic E-state index is 0.0998. The maximum atomic E-state index is 12.6. The number of nitrogens with one attached hydrogen (secondary N) is 2. The van der Waals surface area contributed by atoms with Crippen LogP contribution in [0.1, 0.15) is 65.5 Å². The Balaban J connectivity index is 1.82. The van der Waals surface area contributed by atoms with E-state index in [0.717, 1.165) is 24.0 Å². The van der Waals surface area contributed by atoms with E-state index in [0.29, 0.717) is 26.2 Å². The molecule has 1 unspecified atom stereocenters. The zero-order chi connectivity index (χ0) is 22.4. The van der Waals surface area contributed by atoms with E-state index in [1.165, 1.54) is 0 Å². The number of alkyl carbamates (subject to hydrolysis) is 1. The lowest BCUT2D eigenvalue weighted by Gasteiger charge is -2.33. The van der Waals surface area contributed by atoms with E-state index in [4.69, 9.17) is 9.47 Å².